The number of aliphatic hydroxyl groups excluding tert-OH is 2. The van der Waals surface area contributed by atoms with Gasteiger partial charge in [-0.05, 0) is 18.9 Å². The van der Waals surface area contributed by atoms with Crippen molar-refractivity contribution < 1.29 is 60.4 Å². The van der Waals surface area contributed by atoms with E-state index in [4.69, 9.17) is 34.9 Å². The molecule has 1 aliphatic carbocycles. The summed E-state index contributed by atoms with van der Waals surface area (Å²) in [6.45, 7) is 4.25. The number of carbonyl (C=O) groups excluding carboxylic acids is 2. The van der Waals surface area contributed by atoms with E-state index in [2.05, 4.69) is 10.3 Å². The lowest BCUT2D eigenvalue weighted by atomic mass is 9.90. The number of nitriles is 1. The van der Waals surface area contributed by atoms with Crippen molar-refractivity contribution >= 4 is 57.7 Å². The van der Waals surface area contributed by atoms with Crippen LogP contribution in [0.15, 0.2) is 12.3 Å². The van der Waals surface area contributed by atoms with Gasteiger partial charge in [0.1, 0.15) is 41.8 Å². The number of halogens is 2. The SMILES string of the molecule is CC(C)C(=O)OCOP(=O)(CS(=O)(=O)C[C@H]1O[C@@H](n2ccc3c(NC4CC(F)C4)c(C#N)c(Cl)nc32)[C@H](O)[C@@H]1O)OCOC(=O)C(C)C. The maximum Gasteiger partial charge on any atom is 0.351 e. The first kappa shape index (κ1) is 37.9. The molecule has 0 aromatic carbocycles. The van der Waals surface area contributed by atoms with Gasteiger partial charge in [0.15, 0.2) is 26.7 Å². The number of hydrogen-bond acceptors (Lipinski definition) is 15. The second-order valence-electron chi connectivity index (χ2n) is 12.1. The first-order valence-electron chi connectivity index (χ1n) is 14.9. The van der Waals surface area contributed by atoms with E-state index < -0.39 is 96.8 Å². The molecule has 3 N–H and O–H groups in total. The van der Waals surface area contributed by atoms with Crippen molar-refractivity contribution in [2.45, 2.75) is 77.3 Å². The Morgan fingerprint density at radius 2 is 1.75 bits per heavy atom. The normalized spacial score (nSPS) is 24.4. The Labute approximate surface area is 280 Å². The van der Waals surface area contributed by atoms with Gasteiger partial charge in [-0.2, -0.15) is 5.26 Å². The number of rotatable bonds is 15. The summed E-state index contributed by atoms with van der Waals surface area (Å²) in [4.78, 5) is 27.9. The van der Waals surface area contributed by atoms with Gasteiger partial charge in [0.05, 0.1) is 23.3 Å². The number of aromatic nitrogens is 2. The van der Waals surface area contributed by atoms with Crippen molar-refractivity contribution in [2.24, 2.45) is 11.8 Å². The highest BCUT2D eigenvalue weighted by atomic mass is 35.5. The van der Waals surface area contributed by atoms with Crippen molar-refractivity contribution in [1.29, 1.82) is 5.26 Å². The van der Waals surface area contributed by atoms with Crippen molar-refractivity contribution in [3.05, 3.63) is 23.0 Å². The summed E-state index contributed by atoms with van der Waals surface area (Å²) in [6, 6.07) is 3.26. The quantitative estimate of drug-likeness (QED) is 0.103. The Bertz CT molecular complexity index is 1680. The van der Waals surface area contributed by atoms with Crippen molar-refractivity contribution in [2.75, 3.05) is 30.1 Å². The molecule has 2 aromatic heterocycles. The van der Waals surface area contributed by atoms with Gasteiger partial charge in [0, 0.05) is 17.6 Å². The molecular formula is C28H37ClFN4O12PS. The summed E-state index contributed by atoms with van der Waals surface area (Å²) in [5, 5.41) is 34.7. The molecule has 0 amide bonds. The fourth-order valence-electron chi connectivity index (χ4n) is 4.88. The second-order valence-corrected chi connectivity index (χ2v) is 17.0. The molecule has 1 saturated heterocycles. The zero-order valence-corrected chi connectivity index (χ0v) is 28.9. The van der Waals surface area contributed by atoms with E-state index in [1.165, 1.54) is 38.5 Å². The summed E-state index contributed by atoms with van der Waals surface area (Å²) < 4.78 is 80.3. The van der Waals surface area contributed by atoms with Crippen LogP contribution in [0.25, 0.3) is 11.0 Å². The molecule has 48 heavy (non-hydrogen) atoms. The number of pyridine rings is 1. The molecule has 20 heteroatoms. The Balaban J connectivity index is 1.52. The van der Waals surface area contributed by atoms with Crippen LogP contribution in [0.2, 0.25) is 5.15 Å². The lowest BCUT2D eigenvalue weighted by molar-refractivity contribution is -0.156. The first-order chi connectivity index (χ1) is 22.4. The summed E-state index contributed by atoms with van der Waals surface area (Å²) >= 11 is 6.30. The van der Waals surface area contributed by atoms with Crippen molar-refractivity contribution in [1.82, 2.24) is 9.55 Å². The predicted molar refractivity (Wildman–Crippen MR) is 167 cm³/mol. The van der Waals surface area contributed by atoms with Crippen LogP contribution >= 0.6 is 19.2 Å². The summed E-state index contributed by atoms with van der Waals surface area (Å²) in [5.74, 6) is -3.57. The molecule has 1 aliphatic heterocycles. The average molecular weight is 739 g/mol. The Morgan fingerprint density at radius 3 is 2.27 bits per heavy atom. The van der Waals surface area contributed by atoms with Crippen LogP contribution in [-0.2, 0) is 47.2 Å². The molecule has 16 nitrogen and oxygen atoms in total. The number of aliphatic hydroxyl groups is 2. The lowest BCUT2D eigenvalue weighted by Gasteiger charge is -2.31. The van der Waals surface area contributed by atoms with Gasteiger partial charge in [0.2, 0.25) is 13.6 Å². The van der Waals surface area contributed by atoms with Gasteiger partial charge in [-0.25, -0.2) is 17.8 Å². The molecule has 2 fully saturated rings. The molecule has 0 spiro atoms. The molecule has 0 radical (unpaired) electrons. The van der Waals surface area contributed by atoms with E-state index in [1.807, 2.05) is 6.07 Å². The molecular weight excluding hydrogens is 702 g/mol. The molecule has 4 rings (SSSR count). The van der Waals surface area contributed by atoms with E-state index in [1.54, 1.807) is 6.07 Å². The maximum absolute atomic E-state index is 13.5. The number of nitrogens with zero attached hydrogens (tertiary/aromatic N) is 3. The standard InChI is InChI=1S/C28H37ClFN4O12PS/c1-14(2)27(37)42-11-44-47(39,45-12-43-28(38)15(3)4)13-48(40,41)10-20-22(35)23(36)26(46-20)34-6-5-18-21(32-17-7-16(30)8-17)19(9-31)24(29)33-25(18)34/h5-6,14-17,20,22-23,26,35-36H,7-8,10-13H2,1-4H3,(H,32,33)/t16?,17?,20-,22-,23-,26-/m1/s1. The van der Waals surface area contributed by atoms with Crippen LogP contribution in [0.3, 0.4) is 0 Å². The number of alkyl halides is 1. The van der Waals surface area contributed by atoms with E-state index in [0.717, 1.165) is 0 Å². The molecule has 0 unspecified atom stereocenters. The van der Waals surface area contributed by atoms with Crippen molar-refractivity contribution in [3.63, 3.8) is 0 Å². The van der Waals surface area contributed by atoms with Crippen LogP contribution in [0.4, 0.5) is 10.1 Å². The average Bonchev–Trinajstić information content (AvgIpc) is 3.51. The second kappa shape index (κ2) is 15.3. The highest BCUT2D eigenvalue weighted by Gasteiger charge is 2.47. The minimum absolute atomic E-state index is 0.0212. The van der Waals surface area contributed by atoms with Gasteiger partial charge in [-0.1, -0.05) is 39.3 Å². The topological polar surface area (TPSA) is 226 Å². The maximum atomic E-state index is 13.5. The minimum atomic E-state index is -4.66. The monoisotopic (exact) mass is 738 g/mol. The number of fused-ring (bicyclic) bond motifs is 1. The Kier molecular flexibility index (Phi) is 12.1. The predicted octanol–water partition coefficient (Wildman–Crippen LogP) is 3.00. The van der Waals surface area contributed by atoms with Crippen LogP contribution in [0.1, 0.15) is 52.3 Å². The lowest BCUT2D eigenvalue weighted by Crippen LogP contribution is -2.36. The summed E-state index contributed by atoms with van der Waals surface area (Å²) in [7, 11) is -9.16. The van der Waals surface area contributed by atoms with Gasteiger partial charge < -0.3 is 34.3 Å². The van der Waals surface area contributed by atoms with E-state index in [-0.39, 0.29) is 35.2 Å². The molecule has 1 saturated carbocycles. The Hall–Kier alpha value is -2.88. The molecule has 0 bridgehead atoms. The van der Waals surface area contributed by atoms with Crippen LogP contribution in [0.5, 0.6) is 0 Å². The number of hydrogen-bond donors (Lipinski definition) is 3. The van der Waals surface area contributed by atoms with Crippen LogP contribution in [-0.4, -0.2) is 95.5 Å². The van der Waals surface area contributed by atoms with Crippen LogP contribution < -0.4 is 5.32 Å². The van der Waals surface area contributed by atoms with Crippen LogP contribution in [0, 0.1) is 23.2 Å². The van der Waals surface area contributed by atoms with Gasteiger partial charge >= 0.3 is 19.5 Å². The highest BCUT2D eigenvalue weighted by molar-refractivity contribution is 7.97. The zero-order chi connectivity index (χ0) is 35.6. The Morgan fingerprint density at radius 1 is 1.17 bits per heavy atom. The van der Waals surface area contributed by atoms with Gasteiger partial charge in [-0.15, -0.1) is 0 Å². The minimum Gasteiger partial charge on any atom is -0.438 e. The molecule has 4 atom stereocenters. The van der Waals surface area contributed by atoms with E-state index in [9.17, 15) is 42.4 Å². The number of anilines is 1. The first-order valence-corrected chi connectivity index (χ1v) is 18.8. The summed E-state index contributed by atoms with van der Waals surface area (Å²) in [6.07, 6.45) is -5.46. The number of sulfone groups is 1. The van der Waals surface area contributed by atoms with Gasteiger partial charge in [-0.3, -0.25) is 23.2 Å². The molecule has 2 aliphatic rings. The zero-order valence-electron chi connectivity index (χ0n) is 26.4. The fourth-order valence-corrected chi connectivity index (χ4v) is 9.32. The number of nitrogens with one attached hydrogen (secondary N) is 1. The summed E-state index contributed by atoms with van der Waals surface area (Å²) in [5.41, 5.74) is -0.852. The third kappa shape index (κ3) is 8.82. The number of carbonyl (C=O) groups is 2. The molecule has 266 valence electrons. The van der Waals surface area contributed by atoms with E-state index in [0.29, 0.717) is 11.1 Å². The third-order valence-electron chi connectivity index (χ3n) is 7.59. The molecule has 2 aromatic rings. The fraction of sp³-hybridized carbons (Fsp3) is 0.643. The third-order valence-corrected chi connectivity index (χ3v) is 12.5. The largest absolute Gasteiger partial charge is 0.438 e. The number of ether oxygens (including phenoxy) is 3. The molecule has 3 heterocycles. The van der Waals surface area contributed by atoms with E-state index >= 15 is 0 Å². The smallest absolute Gasteiger partial charge is 0.351 e. The highest BCUT2D eigenvalue weighted by Crippen LogP contribution is 2.50. The van der Waals surface area contributed by atoms with Gasteiger partial charge in [0.25, 0.3) is 0 Å². The van der Waals surface area contributed by atoms with Crippen molar-refractivity contribution in [3.8, 4) is 6.07 Å². The number of esters is 2.